The molecule has 1 atom stereocenters. The predicted molar refractivity (Wildman–Crippen MR) is 95.1 cm³/mol. The molecule has 0 saturated heterocycles. The van der Waals surface area contributed by atoms with Crippen molar-refractivity contribution >= 4 is 17.2 Å². The van der Waals surface area contributed by atoms with Crippen molar-refractivity contribution in [1.82, 2.24) is 29.7 Å². The third kappa shape index (κ3) is 3.30. The van der Waals surface area contributed by atoms with E-state index in [4.69, 9.17) is 11.6 Å². The SMILES string of the molecule is Cc1nn(CC(C)C)c(Cl)c1CNC(C)c1nnc2ccccn12. The Labute approximate surface area is 146 Å². The summed E-state index contributed by atoms with van der Waals surface area (Å²) in [4.78, 5) is 0. The van der Waals surface area contributed by atoms with Crippen LogP contribution in [0, 0.1) is 12.8 Å². The summed E-state index contributed by atoms with van der Waals surface area (Å²) < 4.78 is 3.88. The van der Waals surface area contributed by atoms with Gasteiger partial charge in [-0.1, -0.05) is 31.5 Å². The Bertz CT molecular complexity index is 835. The van der Waals surface area contributed by atoms with Crippen molar-refractivity contribution in [3.05, 3.63) is 46.6 Å². The molecule has 0 aliphatic heterocycles. The molecule has 0 fully saturated rings. The lowest BCUT2D eigenvalue weighted by Gasteiger charge is -2.12. The summed E-state index contributed by atoms with van der Waals surface area (Å²) in [6.45, 7) is 9.85. The van der Waals surface area contributed by atoms with Gasteiger partial charge >= 0.3 is 0 Å². The van der Waals surface area contributed by atoms with Gasteiger partial charge in [-0.15, -0.1) is 10.2 Å². The smallest absolute Gasteiger partial charge is 0.160 e. The molecule has 128 valence electrons. The van der Waals surface area contributed by atoms with E-state index in [0.29, 0.717) is 17.6 Å². The van der Waals surface area contributed by atoms with Crippen molar-refractivity contribution < 1.29 is 0 Å². The second-order valence-electron chi connectivity index (χ2n) is 6.52. The van der Waals surface area contributed by atoms with Crippen LogP contribution in [0.5, 0.6) is 0 Å². The van der Waals surface area contributed by atoms with Gasteiger partial charge in [0.2, 0.25) is 0 Å². The Hall–Kier alpha value is -1.92. The number of nitrogens with zero attached hydrogens (tertiary/aromatic N) is 5. The highest BCUT2D eigenvalue weighted by Gasteiger charge is 2.17. The maximum Gasteiger partial charge on any atom is 0.160 e. The minimum atomic E-state index is 0.0475. The van der Waals surface area contributed by atoms with Crippen LogP contribution in [0.25, 0.3) is 5.65 Å². The highest BCUT2D eigenvalue weighted by molar-refractivity contribution is 6.30. The Morgan fingerprint density at radius 2 is 2.00 bits per heavy atom. The standard InChI is InChI=1S/C17H23ClN6/c1-11(2)10-24-16(18)14(12(3)22-24)9-19-13(4)17-21-20-15-7-5-6-8-23(15)17/h5-8,11,13,19H,9-10H2,1-4H3. The minimum absolute atomic E-state index is 0.0475. The topological polar surface area (TPSA) is 60.0 Å². The zero-order chi connectivity index (χ0) is 17.3. The number of aryl methyl sites for hydroxylation is 1. The number of rotatable bonds is 6. The maximum atomic E-state index is 6.50. The van der Waals surface area contributed by atoms with Crippen LogP contribution in [0.2, 0.25) is 5.15 Å². The van der Waals surface area contributed by atoms with E-state index in [1.165, 1.54) is 0 Å². The molecular weight excluding hydrogens is 324 g/mol. The molecule has 3 heterocycles. The third-order valence-electron chi connectivity index (χ3n) is 4.03. The Morgan fingerprint density at radius 3 is 2.75 bits per heavy atom. The maximum absolute atomic E-state index is 6.50. The molecular formula is C17H23ClN6. The first-order valence-electron chi connectivity index (χ1n) is 8.22. The van der Waals surface area contributed by atoms with E-state index in [-0.39, 0.29) is 6.04 Å². The minimum Gasteiger partial charge on any atom is -0.303 e. The summed E-state index contributed by atoms with van der Waals surface area (Å²) >= 11 is 6.50. The van der Waals surface area contributed by atoms with Crippen LogP contribution < -0.4 is 5.32 Å². The summed E-state index contributed by atoms with van der Waals surface area (Å²) in [7, 11) is 0. The van der Waals surface area contributed by atoms with Crippen LogP contribution in [0.3, 0.4) is 0 Å². The van der Waals surface area contributed by atoms with Gasteiger partial charge in [0.15, 0.2) is 11.5 Å². The monoisotopic (exact) mass is 346 g/mol. The fraction of sp³-hybridized carbons (Fsp3) is 0.471. The lowest BCUT2D eigenvalue weighted by atomic mass is 10.2. The number of pyridine rings is 1. The summed E-state index contributed by atoms with van der Waals surface area (Å²) in [5.74, 6) is 1.39. The summed E-state index contributed by atoms with van der Waals surface area (Å²) in [5, 5.41) is 17.2. The molecule has 0 spiro atoms. The number of hydrogen-bond acceptors (Lipinski definition) is 4. The number of aromatic nitrogens is 5. The van der Waals surface area contributed by atoms with E-state index in [1.807, 2.05) is 40.4 Å². The van der Waals surface area contributed by atoms with Crippen LogP contribution in [-0.4, -0.2) is 24.4 Å². The molecule has 3 aromatic heterocycles. The largest absolute Gasteiger partial charge is 0.303 e. The van der Waals surface area contributed by atoms with E-state index in [9.17, 15) is 0 Å². The molecule has 3 aromatic rings. The van der Waals surface area contributed by atoms with Crippen LogP contribution in [0.1, 0.15) is 43.9 Å². The molecule has 0 aliphatic carbocycles. The van der Waals surface area contributed by atoms with Gasteiger partial charge in [0, 0.05) is 24.8 Å². The van der Waals surface area contributed by atoms with Gasteiger partial charge < -0.3 is 5.32 Å². The van der Waals surface area contributed by atoms with Crippen LogP contribution in [-0.2, 0) is 13.1 Å². The molecule has 0 amide bonds. The molecule has 7 heteroatoms. The highest BCUT2D eigenvalue weighted by atomic mass is 35.5. The van der Waals surface area contributed by atoms with E-state index < -0.39 is 0 Å². The molecule has 0 bridgehead atoms. The van der Waals surface area contributed by atoms with Crippen molar-refractivity contribution in [1.29, 1.82) is 0 Å². The molecule has 1 N–H and O–H groups in total. The molecule has 0 aromatic carbocycles. The second kappa shape index (κ2) is 6.91. The van der Waals surface area contributed by atoms with Gasteiger partial charge in [-0.25, -0.2) is 0 Å². The van der Waals surface area contributed by atoms with Gasteiger partial charge in [-0.3, -0.25) is 9.08 Å². The van der Waals surface area contributed by atoms with Crippen molar-refractivity contribution in [2.45, 2.75) is 46.8 Å². The molecule has 0 aliphatic rings. The van der Waals surface area contributed by atoms with E-state index in [0.717, 1.165) is 29.3 Å². The van der Waals surface area contributed by atoms with Crippen molar-refractivity contribution in [3.8, 4) is 0 Å². The van der Waals surface area contributed by atoms with E-state index >= 15 is 0 Å². The molecule has 1 unspecified atom stereocenters. The summed E-state index contributed by atoms with van der Waals surface area (Å²) in [6, 6.07) is 5.92. The normalized spacial score (nSPS) is 13.1. The lowest BCUT2D eigenvalue weighted by molar-refractivity contribution is 0.481. The first kappa shape index (κ1) is 16.9. The summed E-state index contributed by atoms with van der Waals surface area (Å²) in [5.41, 5.74) is 2.85. The molecule has 0 radical (unpaired) electrons. The van der Waals surface area contributed by atoms with Crippen molar-refractivity contribution in [2.75, 3.05) is 0 Å². The fourth-order valence-electron chi connectivity index (χ4n) is 2.76. The van der Waals surface area contributed by atoms with Crippen LogP contribution in [0.4, 0.5) is 0 Å². The Morgan fingerprint density at radius 1 is 1.21 bits per heavy atom. The molecule has 0 saturated carbocycles. The Balaban J connectivity index is 1.75. The number of fused-ring (bicyclic) bond motifs is 1. The van der Waals surface area contributed by atoms with Gasteiger partial charge in [0.25, 0.3) is 0 Å². The fourth-order valence-corrected chi connectivity index (χ4v) is 3.07. The van der Waals surface area contributed by atoms with Gasteiger partial charge in [-0.2, -0.15) is 5.10 Å². The zero-order valence-electron chi connectivity index (χ0n) is 14.5. The molecule has 24 heavy (non-hydrogen) atoms. The summed E-state index contributed by atoms with van der Waals surface area (Å²) in [6.07, 6.45) is 1.97. The molecule has 6 nitrogen and oxygen atoms in total. The van der Waals surface area contributed by atoms with E-state index in [1.54, 1.807) is 0 Å². The average molecular weight is 347 g/mol. The highest BCUT2D eigenvalue weighted by Crippen LogP contribution is 2.22. The first-order chi connectivity index (χ1) is 11.5. The van der Waals surface area contributed by atoms with Gasteiger partial charge in [0.05, 0.1) is 11.7 Å². The predicted octanol–water partition coefficient (Wildman–Crippen LogP) is 3.39. The zero-order valence-corrected chi connectivity index (χ0v) is 15.2. The number of halogens is 1. The number of nitrogens with one attached hydrogen (secondary N) is 1. The average Bonchev–Trinajstić information content (AvgIpc) is 3.07. The Kier molecular flexibility index (Phi) is 4.87. The second-order valence-corrected chi connectivity index (χ2v) is 6.88. The van der Waals surface area contributed by atoms with E-state index in [2.05, 4.69) is 41.4 Å². The van der Waals surface area contributed by atoms with Crippen molar-refractivity contribution in [2.24, 2.45) is 5.92 Å². The quantitative estimate of drug-likeness (QED) is 0.743. The first-order valence-corrected chi connectivity index (χ1v) is 8.60. The van der Waals surface area contributed by atoms with Crippen molar-refractivity contribution in [3.63, 3.8) is 0 Å². The van der Waals surface area contributed by atoms with Gasteiger partial charge in [0.1, 0.15) is 5.15 Å². The third-order valence-corrected chi connectivity index (χ3v) is 4.46. The van der Waals surface area contributed by atoms with Crippen LogP contribution >= 0.6 is 11.6 Å². The number of hydrogen-bond donors (Lipinski definition) is 1. The molecule has 3 rings (SSSR count). The lowest BCUT2D eigenvalue weighted by Crippen LogP contribution is -2.20. The van der Waals surface area contributed by atoms with Crippen LogP contribution in [0.15, 0.2) is 24.4 Å². The van der Waals surface area contributed by atoms with Gasteiger partial charge in [-0.05, 0) is 31.9 Å².